The molecule has 0 aliphatic carbocycles. The summed E-state index contributed by atoms with van der Waals surface area (Å²) in [6.07, 6.45) is 0. The van der Waals surface area contributed by atoms with Crippen molar-refractivity contribution >= 4 is 48.9 Å². The highest BCUT2D eigenvalue weighted by Crippen LogP contribution is 2.30. The molecule has 0 saturated carbocycles. The predicted molar refractivity (Wildman–Crippen MR) is 90.2 cm³/mol. The van der Waals surface area contributed by atoms with Crippen molar-refractivity contribution in [3.05, 3.63) is 51.2 Å². The normalized spacial score (nSPS) is 11.0. The molecular formula is C15H13BrFN3S. The number of nitrogens with one attached hydrogen (secondary N) is 1. The Morgan fingerprint density at radius 1 is 1.33 bits per heavy atom. The molecule has 0 bridgehead atoms. The van der Waals surface area contributed by atoms with Crippen LogP contribution in [0.4, 0.5) is 15.8 Å². The fourth-order valence-electron chi connectivity index (χ4n) is 2.13. The lowest BCUT2D eigenvalue weighted by Gasteiger charge is -2.10. The number of nitrogens with two attached hydrogens (primary N) is 1. The van der Waals surface area contributed by atoms with Gasteiger partial charge in [-0.05, 0) is 37.3 Å². The van der Waals surface area contributed by atoms with E-state index >= 15 is 0 Å². The van der Waals surface area contributed by atoms with Crippen LogP contribution >= 0.6 is 27.3 Å². The molecule has 3 N–H and O–H groups in total. The van der Waals surface area contributed by atoms with Gasteiger partial charge in [0.2, 0.25) is 0 Å². The summed E-state index contributed by atoms with van der Waals surface area (Å²) in [6.45, 7) is 2.33. The van der Waals surface area contributed by atoms with E-state index in [2.05, 4.69) is 26.2 Å². The number of fused-ring (bicyclic) bond motifs is 1. The molecule has 0 fully saturated rings. The summed E-state index contributed by atoms with van der Waals surface area (Å²) >= 11 is 4.95. The molecule has 0 radical (unpaired) electrons. The summed E-state index contributed by atoms with van der Waals surface area (Å²) < 4.78 is 15.6. The van der Waals surface area contributed by atoms with Gasteiger partial charge in [0, 0.05) is 16.6 Å². The first-order valence-electron chi connectivity index (χ1n) is 6.37. The first-order valence-corrected chi connectivity index (χ1v) is 7.98. The SMILES string of the molecule is Cc1nc2cc(NCc3cc(Br)ccc3F)c(N)cc2s1. The van der Waals surface area contributed by atoms with Crippen LogP contribution < -0.4 is 11.1 Å². The van der Waals surface area contributed by atoms with Crippen LogP contribution in [-0.2, 0) is 6.54 Å². The molecule has 0 amide bonds. The molecule has 21 heavy (non-hydrogen) atoms. The first-order chi connectivity index (χ1) is 10.0. The Morgan fingerprint density at radius 2 is 2.14 bits per heavy atom. The van der Waals surface area contributed by atoms with Crippen molar-refractivity contribution in [3.63, 3.8) is 0 Å². The average molecular weight is 366 g/mol. The minimum absolute atomic E-state index is 0.241. The third-order valence-electron chi connectivity index (χ3n) is 3.14. The summed E-state index contributed by atoms with van der Waals surface area (Å²) in [5.74, 6) is -0.241. The van der Waals surface area contributed by atoms with E-state index < -0.39 is 0 Å². The lowest BCUT2D eigenvalue weighted by Crippen LogP contribution is -2.04. The van der Waals surface area contributed by atoms with Gasteiger partial charge < -0.3 is 11.1 Å². The number of aromatic nitrogens is 1. The standard InChI is InChI=1S/C15H13BrFN3S/c1-8-20-14-6-13(12(18)5-15(14)21-8)19-7-9-4-10(16)2-3-11(9)17/h2-6,19H,7,18H2,1H3. The molecule has 3 aromatic rings. The van der Waals surface area contributed by atoms with E-state index in [9.17, 15) is 4.39 Å². The van der Waals surface area contributed by atoms with Crippen molar-refractivity contribution < 1.29 is 4.39 Å². The fourth-order valence-corrected chi connectivity index (χ4v) is 3.39. The maximum Gasteiger partial charge on any atom is 0.128 e. The predicted octanol–water partition coefficient (Wildman–Crippen LogP) is 4.70. The van der Waals surface area contributed by atoms with Gasteiger partial charge in [-0.3, -0.25) is 0 Å². The molecule has 0 spiro atoms. The fraction of sp³-hybridized carbons (Fsp3) is 0.133. The van der Waals surface area contributed by atoms with Gasteiger partial charge in [-0.1, -0.05) is 15.9 Å². The summed E-state index contributed by atoms with van der Waals surface area (Å²) in [7, 11) is 0. The second-order valence-electron chi connectivity index (χ2n) is 4.73. The van der Waals surface area contributed by atoms with Crippen LogP contribution in [0.1, 0.15) is 10.6 Å². The van der Waals surface area contributed by atoms with E-state index in [1.807, 2.05) is 19.1 Å². The van der Waals surface area contributed by atoms with E-state index in [4.69, 9.17) is 5.73 Å². The maximum atomic E-state index is 13.7. The number of aryl methyl sites for hydroxylation is 1. The van der Waals surface area contributed by atoms with Gasteiger partial charge in [0.25, 0.3) is 0 Å². The highest BCUT2D eigenvalue weighted by Gasteiger charge is 2.08. The second kappa shape index (κ2) is 5.61. The lowest BCUT2D eigenvalue weighted by molar-refractivity contribution is 0.612. The average Bonchev–Trinajstić information content (AvgIpc) is 2.78. The topological polar surface area (TPSA) is 50.9 Å². The molecule has 1 heterocycles. The van der Waals surface area contributed by atoms with Gasteiger partial charge in [-0.2, -0.15) is 0 Å². The highest BCUT2D eigenvalue weighted by molar-refractivity contribution is 9.10. The molecule has 0 atom stereocenters. The Balaban J connectivity index is 1.87. The zero-order valence-corrected chi connectivity index (χ0v) is 13.7. The van der Waals surface area contributed by atoms with Crippen LogP contribution in [0, 0.1) is 12.7 Å². The monoisotopic (exact) mass is 365 g/mol. The molecule has 3 nitrogen and oxygen atoms in total. The smallest absolute Gasteiger partial charge is 0.128 e. The van der Waals surface area contributed by atoms with E-state index in [-0.39, 0.29) is 5.82 Å². The molecular weight excluding hydrogens is 353 g/mol. The number of rotatable bonds is 3. The molecule has 3 rings (SSSR count). The minimum Gasteiger partial charge on any atom is -0.397 e. The third-order valence-corrected chi connectivity index (χ3v) is 4.57. The first kappa shape index (κ1) is 14.3. The Kier molecular flexibility index (Phi) is 3.82. The van der Waals surface area contributed by atoms with Crippen LogP contribution in [0.25, 0.3) is 10.2 Å². The van der Waals surface area contributed by atoms with E-state index in [0.29, 0.717) is 17.8 Å². The van der Waals surface area contributed by atoms with Gasteiger partial charge in [0.15, 0.2) is 0 Å². The Labute approximate surface area is 134 Å². The van der Waals surface area contributed by atoms with Gasteiger partial charge in [0.05, 0.1) is 26.6 Å². The molecule has 6 heteroatoms. The van der Waals surface area contributed by atoms with Crippen molar-refractivity contribution in [1.29, 1.82) is 0 Å². The molecule has 0 unspecified atom stereocenters. The number of hydrogen-bond acceptors (Lipinski definition) is 4. The number of benzene rings is 2. The summed E-state index contributed by atoms with van der Waals surface area (Å²) in [4.78, 5) is 4.44. The van der Waals surface area contributed by atoms with Crippen LogP contribution in [0.3, 0.4) is 0 Å². The van der Waals surface area contributed by atoms with Gasteiger partial charge in [-0.25, -0.2) is 9.37 Å². The van der Waals surface area contributed by atoms with Crippen LogP contribution in [0.2, 0.25) is 0 Å². The largest absolute Gasteiger partial charge is 0.397 e. The molecule has 0 aliphatic heterocycles. The third kappa shape index (κ3) is 3.01. The molecule has 1 aromatic heterocycles. The number of halogens is 2. The summed E-state index contributed by atoms with van der Waals surface area (Å²) in [5.41, 5.74) is 8.94. The summed E-state index contributed by atoms with van der Waals surface area (Å²) in [5, 5.41) is 4.18. The van der Waals surface area contributed by atoms with Crippen molar-refractivity contribution in [1.82, 2.24) is 4.98 Å². The zero-order valence-electron chi connectivity index (χ0n) is 11.3. The van der Waals surface area contributed by atoms with Crippen LogP contribution in [0.15, 0.2) is 34.8 Å². The number of hydrogen-bond donors (Lipinski definition) is 2. The van der Waals surface area contributed by atoms with Crippen molar-refractivity contribution in [2.75, 3.05) is 11.1 Å². The van der Waals surface area contributed by atoms with Gasteiger partial charge in [-0.15, -0.1) is 11.3 Å². The zero-order chi connectivity index (χ0) is 15.0. The minimum atomic E-state index is -0.241. The summed E-state index contributed by atoms with van der Waals surface area (Å²) in [6, 6.07) is 8.68. The number of thiazole rings is 1. The number of nitrogen functional groups attached to an aromatic ring is 1. The number of nitrogens with zero attached hydrogens (tertiary/aromatic N) is 1. The molecule has 0 saturated heterocycles. The second-order valence-corrected chi connectivity index (χ2v) is 6.88. The van der Waals surface area contributed by atoms with Gasteiger partial charge >= 0.3 is 0 Å². The van der Waals surface area contributed by atoms with Crippen molar-refractivity contribution in [2.45, 2.75) is 13.5 Å². The number of anilines is 2. The van der Waals surface area contributed by atoms with Crippen molar-refractivity contribution in [3.8, 4) is 0 Å². The molecule has 0 aliphatic rings. The lowest BCUT2D eigenvalue weighted by atomic mass is 10.2. The quantitative estimate of drug-likeness (QED) is 0.661. The van der Waals surface area contributed by atoms with Crippen molar-refractivity contribution in [2.24, 2.45) is 0 Å². The highest BCUT2D eigenvalue weighted by atomic mass is 79.9. The van der Waals surface area contributed by atoms with Gasteiger partial charge in [0.1, 0.15) is 5.82 Å². The Morgan fingerprint density at radius 3 is 2.95 bits per heavy atom. The Bertz CT molecular complexity index is 816. The molecule has 108 valence electrons. The molecule has 2 aromatic carbocycles. The van der Waals surface area contributed by atoms with E-state index in [0.717, 1.165) is 25.4 Å². The van der Waals surface area contributed by atoms with E-state index in [1.165, 1.54) is 6.07 Å². The Hall–Kier alpha value is -1.66. The van der Waals surface area contributed by atoms with E-state index in [1.54, 1.807) is 23.5 Å². The van der Waals surface area contributed by atoms with Crippen LogP contribution in [0.5, 0.6) is 0 Å². The maximum absolute atomic E-state index is 13.7. The van der Waals surface area contributed by atoms with Crippen LogP contribution in [-0.4, -0.2) is 4.98 Å².